The Hall–Kier alpha value is -2.92. The Balaban J connectivity index is 1.79. The Morgan fingerprint density at radius 1 is 0.962 bits per heavy atom. The van der Waals surface area contributed by atoms with Gasteiger partial charge in [0.25, 0.3) is 0 Å². The van der Waals surface area contributed by atoms with E-state index in [2.05, 4.69) is 0 Å². The zero-order chi connectivity index (χ0) is 18.4. The van der Waals surface area contributed by atoms with E-state index in [4.69, 9.17) is 15.2 Å². The van der Waals surface area contributed by atoms with E-state index >= 15 is 0 Å². The van der Waals surface area contributed by atoms with Gasteiger partial charge in [0.1, 0.15) is 12.4 Å². The van der Waals surface area contributed by atoms with Gasteiger partial charge in [0, 0.05) is 15.5 Å². The zero-order valence-electron chi connectivity index (χ0n) is 14.3. The molecule has 0 amide bonds. The minimum absolute atomic E-state index is 0.372. The first-order chi connectivity index (χ1) is 12.7. The molecule has 0 aromatic heterocycles. The lowest BCUT2D eigenvalue weighted by molar-refractivity contribution is 0.0597. The highest BCUT2D eigenvalue weighted by Crippen LogP contribution is 2.36. The summed E-state index contributed by atoms with van der Waals surface area (Å²) in [6, 6.07) is 22.8. The van der Waals surface area contributed by atoms with Crippen molar-refractivity contribution in [2.75, 3.05) is 12.8 Å². The van der Waals surface area contributed by atoms with Crippen LogP contribution < -0.4 is 10.5 Å². The van der Waals surface area contributed by atoms with Crippen molar-refractivity contribution in [3.63, 3.8) is 0 Å². The van der Waals surface area contributed by atoms with E-state index in [1.807, 2.05) is 60.7 Å². The van der Waals surface area contributed by atoms with Crippen LogP contribution in [-0.4, -0.2) is 13.1 Å². The van der Waals surface area contributed by atoms with Crippen LogP contribution in [0.3, 0.4) is 0 Å². The second kappa shape index (κ2) is 8.45. The molecule has 3 aromatic carbocycles. The predicted octanol–water partition coefficient (Wildman–Crippen LogP) is 4.79. The van der Waals surface area contributed by atoms with Gasteiger partial charge in [0.2, 0.25) is 0 Å². The maximum absolute atomic E-state index is 11.9. The molecule has 0 fully saturated rings. The Labute approximate surface area is 156 Å². The van der Waals surface area contributed by atoms with Gasteiger partial charge in [0.15, 0.2) is 0 Å². The monoisotopic (exact) mass is 365 g/mol. The third-order valence-corrected chi connectivity index (χ3v) is 4.90. The molecule has 0 heterocycles. The lowest BCUT2D eigenvalue weighted by Gasteiger charge is -2.12. The highest BCUT2D eigenvalue weighted by atomic mass is 32.2. The fourth-order valence-electron chi connectivity index (χ4n) is 2.39. The van der Waals surface area contributed by atoms with Crippen LogP contribution >= 0.6 is 11.8 Å². The molecule has 0 bridgehead atoms. The number of ether oxygens (including phenoxy) is 2. The maximum atomic E-state index is 11.9. The molecule has 3 rings (SSSR count). The molecule has 2 N–H and O–H groups in total. The number of hydrogen-bond acceptors (Lipinski definition) is 5. The quantitative estimate of drug-likeness (QED) is 0.503. The number of nitrogen functional groups attached to an aromatic ring is 1. The number of hydrogen-bond donors (Lipinski definition) is 1. The molecule has 26 heavy (non-hydrogen) atoms. The Kier molecular flexibility index (Phi) is 5.81. The molecule has 0 aliphatic rings. The van der Waals surface area contributed by atoms with Crippen molar-refractivity contribution in [1.29, 1.82) is 0 Å². The van der Waals surface area contributed by atoms with Crippen LogP contribution in [0.2, 0.25) is 0 Å². The van der Waals surface area contributed by atoms with Gasteiger partial charge in [0.05, 0.1) is 12.7 Å². The number of esters is 1. The van der Waals surface area contributed by atoms with Crippen molar-refractivity contribution in [1.82, 2.24) is 0 Å². The SMILES string of the molecule is COC(=O)c1ccccc1Sc1cc(OCc2ccccc2)ccc1N. The number of rotatable bonds is 6. The van der Waals surface area contributed by atoms with Crippen molar-refractivity contribution in [3.05, 3.63) is 83.9 Å². The molecule has 0 unspecified atom stereocenters. The summed E-state index contributed by atoms with van der Waals surface area (Å²) in [5.74, 6) is 0.351. The van der Waals surface area contributed by atoms with E-state index in [9.17, 15) is 4.79 Å². The van der Waals surface area contributed by atoms with Gasteiger partial charge in [-0.2, -0.15) is 0 Å². The number of methoxy groups -OCH3 is 1. The molecule has 0 saturated carbocycles. The van der Waals surface area contributed by atoms with Crippen molar-refractivity contribution in [2.45, 2.75) is 16.4 Å². The van der Waals surface area contributed by atoms with Crippen LogP contribution in [-0.2, 0) is 11.3 Å². The van der Waals surface area contributed by atoms with Gasteiger partial charge >= 0.3 is 5.97 Å². The number of carbonyl (C=O) groups is 1. The molecule has 0 saturated heterocycles. The predicted molar refractivity (Wildman–Crippen MR) is 104 cm³/mol. The van der Waals surface area contributed by atoms with Crippen LogP contribution in [0.25, 0.3) is 0 Å². The summed E-state index contributed by atoms with van der Waals surface area (Å²) in [6.07, 6.45) is 0. The van der Waals surface area contributed by atoms with E-state index in [0.717, 1.165) is 21.1 Å². The summed E-state index contributed by atoms with van der Waals surface area (Å²) in [5, 5.41) is 0. The molecule has 132 valence electrons. The average molecular weight is 365 g/mol. The molecule has 0 radical (unpaired) electrons. The molecular formula is C21H19NO3S. The van der Waals surface area contributed by atoms with E-state index < -0.39 is 0 Å². The van der Waals surface area contributed by atoms with E-state index in [-0.39, 0.29) is 5.97 Å². The fraction of sp³-hybridized carbons (Fsp3) is 0.0952. The molecule has 4 nitrogen and oxygen atoms in total. The van der Waals surface area contributed by atoms with Gasteiger partial charge < -0.3 is 15.2 Å². The van der Waals surface area contributed by atoms with Crippen molar-refractivity contribution < 1.29 is 14.3 Å². The fourth-order valence-corrected chi connectivity index (χ4v) is 3.39. The Bertz CT molecular complexity index is 897. The van der Waals surface area contributed by atoms with E-state index in [1.54, 1.807) is 12.1 Å². The minimum Gasteiger partial charge on any atom is -0.489 e. The number of anilines is 1. The van der Waals surface area contributed by atoms with Crippen LogP contribution in [0, 0.1) is 0 Å². The van der Waals surface area contributed by atoms with E-state index in [1.165, 1.54) is 18.9 Å². The summed E-state index contributed by atoms with van der Waals surface area (Å²) in [6.45, 7) is 0.480. The van der Waals surface area contributed by atoms with Gasteiger partial charge in [-0.15, -0.1) is 0 Å². The second-order valence-corrected chi connectivity index (χ2v) is 6.65. The molecule has 0 atom stereocenters. The van der Waals surface area contributed by atoms with Gasteiger partial charge in [-0.25, -0.2) is 4.79 Å². The number of carbonyl (C=O) groups excluding carboxylic acids is 1. The third kappa shape index (κ3) is 4.37. The standard InChI is InChI=1S/C21H19NO3S/c1-24-21(23)17-9-5-6-10-19(17)26-20-13-16(11-12-18(20)22)25-14-15-7-3-2-4-8-15/h2-13H,14,22H2,1H3. The average Bonchev–Trinajstić information content (AvgIpc) is 2.69. The molecule has 0 spiro atoms. The molecule has 0 aliphatic heterocycles. The summed E-state index contributed by atoms with van der Waals surface area (Å²) < 4.78 is 10.7. The van der Waals surface area contributed by atoms with Crippen molar-refractivity contribution in [3.8, 4) is 5.75 Å². The first-order valence-corrected chi connectivity index (χ1v) is 8.90. The van der Waals surface area contributed by atoms with Crippen LogP contribution in [0.4, 0.5) is 5.69 Å². The highest BCUT2D eigenvalue weighted by Gasteiger charge is 2.13. The number of benzene rings is 3. The topological polar surface area (TPSA) is 61.5 Å². The van der Waals surface area contributed by atoms with Crippen LogP contribution in [0.1, 0.15) is 15.9 Å². The first kappa shape index (κ1) is 17.9. The lowest BCUT2D eigenvalue weighted by Crippen LogP contribution is -2.03. The normalized spacial score (nSPS) is 10.3. The zero-order valence-corrected chi connectivity index (χ0v) is 15.2. The van der Waals surface area contributed by atoms with Crippen LogP contribution in [0.15, 0.2) is 82.6 Å². The largest absolute Gasteiger partial charge is 0.489 e. The summed E-state index contributed by atoms with van der Waals surface area (Å²) in [4.78, 5) is 13.6. The summed E-state index contributed by atoms with van der Waals surface area (Å²) >= 11 is 1.41. The third-order valence-electron chi connectivity index (χ3n) is 3.75. The second-order valence-electron chi connectivity index (χ2n) is 5.56. The van der Waals surface area contributed by atoms with Crippen molar-refractivity contribution >= 4 is 23.4 Å². The highest BCUT2D eigenvalue weighted by molar-refractivity contribution is 7.99. The van der Waals surface area contributed by atoms with Gasteiger partial charge in [-0.05, 0) is 35.9 Å². The van der Waals surface area contributed by atoms with Crippen LogP contribution in [0.5, 0.6) is 5.75 Å². The Morgan fingerprint density at radius 2 is 1.69 bits per heavy atom. The summed E-state index contributed by atoms with van der Waals surface area (Å²) in [7, 11) is 1.37. The van der Waals surface area contributed by atoms with Crippen molar-refractivity contribution in [2.24, 2.45) is 0 Å². The lowest BCUT2D eigenvalue weighted by atomic mass is 10.2. The molecule has 3 aromatic rings. The van der Waals surface area contributed by atoms with Gasteiger partial charge in [-0.3, -0.25) is 0 Å². The smallest absolute Gasteiger partial charge is 0.339 e. The minimum atomic E-state index is -0.372. The molecule has 0 aliphatic carbocycles. The van der Waals surface area contributed by atoms with Gasteiger partial charge in [-0.1, -0.05) is 54.2 Å². The molecule has 5 heteroatoms. The summed E-state index contributed by atoms with van der Waals surface area (Å²) in [5.41, 5.74) is 8.34. The van der Waals surface area contributed by atoms with E-state index in [0.29, 0.717) is 17.9 Å². The molecular weight excluding hydrogens is 346 g/mol. The Morgan fingerprint density at radius 3 is 2.46 bits per heavy atom. The number of nitrogens with two attached hydrogens (primary N) is 1. The first-order valence-electron chi connectivity index (χ1n) is 8.09. The maximum Gasteiger partial charge on any atom is 0.339 e.